The zero-order valence-electron chi connectivity index (χ0n) is 17.4. The summed E-state index contributed by atoms with van der Waals surface area (Å²) in [5.74, 6) is 0.394. The number of rotatable bonds is 5. The number of pyridine rings is 1. The van der Waals surface area contributed by atoms with Gasteiger partial charge in [-0.3, -0.25) is 4.79 Å². The van der Waals surface area contributed by atoms with Crippen LogP contribution in [0.4, 0.5) is 10.1 Å². The lowest BCUT2D eigenvalue weighted by molar-refractivity contribution is 0.0994. The first-order valence-corrected chi connectivity index (χ1v) is 10.4. The molecule has 31 heavy (non-hydrogen) atoms. The summed E-state index contributed by atoms with van der Waals surface area (Å²) in [5, 5.41) is 8.01. The van der Waals surface area contributed by atoms with E-state index < -0.39 is 11.7 Å². The molecule has 3 heterocycles. The molecule has 0 atom stereocenters. The number of amides is 1. The van der Waals surface area contributed by atoms with Gasteiger partial charge >= 0.3 is 0 Å². The number of aromatic nitrogens is 4. The minimum atomic E-state index is -0.452. The number of hydrogen-bond acceptors (Lipinski definition) is 5. The smallest absolute Gasteiger partial charge is 0.293 e. The van der Waals surface area contributed by atoms with Gasteiger partial charge in [0.1, 0.15) is 11.5 Å². The van der Waals surface area contributed by atoms with Crippen LogP contribution in [-0.4, -0.2) is 25.7 Å². The van der Waals surface area contributed by atoms with Crippen molar-refractivity contribution in [1.29, 1.82) is 0 Å². The average molecular weight is 419 g/mol. The molecule has 7 nitrogen and oxygen atoms in total. The minimum absolute atomic E-state index is 0.136. The van der Waals surface area contributed by atoms with Gasteiger partial charge in [0.15, 0.2) is 11.5 Å². The van der Waals surface area contributed by atoms with E-state index in [0.29, 0.717) is 22.9 Å². The van der Waals surface area contributed by atoms with Crippen LogP contribution in [-0.2, 0) is 6.42 Å². The summed E-state index contributed by atoms with van der Waals surface area (Å²) in [6.45, 7) is 3.37. The van der Waals surface area contributed by atoms with E-state index in [1.807, 2.05) is 6.20 Å². The maximum Gasteiger partial charge on any atom is 0.293 e. The number of carbonyl (C=O) groups is 1. The predicted molar refractivity (Wildman–Crippen MR) is 114 cm³/mol. The molecule has 0 radical (unpaired) electrons. The lowest BCUT2D eigenvalue weighted by Gasteiger charge is -2.24. The third-order valence-corrected chi connectivity index (χ3v) is 5.73. The number of nitrogens with zero attached hydrogens (tertiary/aromatic N) is 4. The van der Waals surface area contributed by atoms with Gasteiger partial charge in [0.25, 0.3) is 5.91 Å². The molecule has 1 saturated carbocycles. The lowest BCUT2D eigenvalue weighted by Crippen LogP contribution is -2.13. The van der Waals surface area contributed by atoms with E-state index in [-0.39, 0.29) is 11.4 Å². The second kappa shape index (κ2) is 7.61. The first-order valence-electron chi connectivity index (χ1n) is 10.4. The molecule has 158 valence electrons. The van der Waals surface area contributed by atoms with Crippen molar-refractivity contribution in [2.75, 3.05) is 5.32 Å². The van der Waals surface area contributed by atoms with Gasteiger partial charge in [-0.25, -0.2) is 19.0 Å². The van der Waals surface area contributed by atoms with E-state index in [4.69, 9.17) is 4.42 Å². The van der Waals surface area contributed by atoms with Crippen molar-refractivity contribution in [3.63, 3.8) is 0 Å². The van der Waals surface area contributed by atoms with Crippen LogP contribution in [0.15, 0.2) is 41.1 Å². The minimum Gasteiger partial charge on any atom is -0.436 e. The quantitative estimate of drug-likeness (QED) is 0.504. The van der Waals surface area contributed by atoms with Gasteiger partial charge in [-0.05, 0) is 49.1 Å². The molecule has 1 fully saturated rings. The highest BCUT2D eigenvalue weighted by molar-refractivity contribution is 6.03. The van der Waals surface area contributed by atoms with Gasteiger partial charge in [0, 0.05) is 30.4 Å². The van der Waals surface area contributed by atoms with Crippen molar-refractivity contribution in [3.8, 4) is 5.69 Å². The summed E-state index contributed by atoms with van der Waals surface area (Å²) in [5.41, 5.74) is 2.88. The van der Waals surface area contributed by atoms with Gasteiger partial charge in [-0.2, -0.15) is 0 Å². The summed E-state index contributed by atoms with van der Waals surface area (Å²) in [4.78, 5) is 21.1. The largest absolute Gasteiger partial charge is 0.436 e. The zero-order chi connectivity index (χ0) is 21.5. The Morgan fingerprint density at radius 3 is 2.84 bits per heavy atom. The Morgan fingerprint density at radius 2 is 2.13 bits per heavy atom. The number of aryl methyl sites for hydroxylation is 2. The van der Waals surface area contributed by atoms with Crippen molar-refractivity contribution in [2.24, 2.45) is 5.92 Å². The number of nitrogens with one attached hydrogen (secondary N) is 1. The molecule has 1 aliphatic rings. The van der Waals surface area contributed by atoms with Crippen LogP contribution >= 0.6 is 0 Å². The van der Waals surface area contributed by atoms with Crippen LogP contribution in [0.2, 0.25) is 0 Å². The number of anilines is 1. The molecule has 0 aliphatic heterocycles. The van der Waals surface area contributed by atoms with E-state index in [0.717, 1.165) is 17.7 Å². The van der Waals surface area contributed by atoms with Crippen molar-refractivity contribution >= 4 is 22.6 Å². The maximum absolute atomic E-state index is 14.6. The molecule has 1 N–H and O–H groups in total. The SMILES string of the molecule is Cc1nc(C)c(C(=O)Nc2ccc(F)c(-n3cc4cc(CC5CCC5)cnc4n3)c2)o1. The second-order valence-electron chi connectivity index (χ2n) is 8.10. The molecule has 5 rings (SSSR count). The predicted octanol–water partition coefficient (Wildman–Crippen LogP) is 4.76. The molecule has 1 amide bonds. The van der Waals surface area contributed by atoms with E-state index >= 15 is 0 Å². The van der Waals surface area contributed by atoms with Crippen LogP contribution in [0.1, 0.15) is 47.0 Å². The summed E-state index contributed by atoms with van der Waals surface area (Å²) >= 11 is 0. The van der Waals surface area contributed by atoms with Crippen molar-refractivity contribution < 1.29 is 13.6 Å². The fourth-order valence-electron chi connectivity index (χ4n) is 3.92. The highest BCUT2D eigenvalue weighted by Gasteiger charge is 2.19. The Labute approximate surface area is 178 Å². The Hall–Kier alpha value is -3.55. The van der Waals surface area contributed by atoms with Crippen LogP contribution in [0, 0.1) is 25.6 Å². The number of fused-ring (bicyclic) bond motifs is 1. The fraction of sp³-hybridized carbons (Fsp3) is 0.304. The third kappa shape index (κ3) is 3.81. The molecular formula is C23H22FN5O2. The molecule has 0 unspecified atom stereocenters. The van der Waals surface area contributed by atoms with Crippen molar-refractivity contribution in [1.82, 2.24) is 19.7 Å². The Kier molecular flexibility index (Phi) is 4.77. The zero-order valence-corrected chi connectivity index (χ0v) is 17.4. The number of oxazole rings is 1. The van der Waals surface area contributed by atoms with Gasteiger partial charge in [-0.15, -0.1) is 5.10 Å². The van der Waals surface area contributed by atoms with E-state index in [2.05, 4.69) is 26.4 Å². The molecule has 0 saturated heterocycles. The van der Waals surface area contributed by atoms with Gasteiger partial charge < -0.3 is 9.73 Å². The van der Waals surface area contributed by atoms with E-state index in [1.165, 1.54) is 47.7 Å². The van der Waals surface area contributed by atoms with E-state index in [1.54, 1.807) is 20.0 Å². The van der Waals surface area contributed by atoms with E-state index in [9.17, 15) is 9.18 Å². The molecule has 0 bridgehead atoms. The van der Waals surface area contributed by atoms with Crippen LogP contribution in [0.3, 0.4) is 0 Å². The maximum atomic E-state index is 14.6. The first kappa shape index (κ1) is 19.4. The Bertz CT molecular complexity index is 1290. The highest BCUT2D eigenvalue weighted by atomic mass is 19.1. The summed E-state index contributed by atoms with van der Waals surface area (Å²) in [6.07, 6.45) is 8.49. The average Bonchev–Trinajstić information content (AvgIpc) is 3.28. The van der Waals surface area contributed by atoms with Gasteiger partial charge in [-0.1, -0.05) is 19.3 Å². The van der Waals surface area contributed by atoms with Crippen LogP contribution < -0.4 is 5.32 Å². The third-order valence-electron chi connectivity index (χ3n) is 5.73. The highest BCUT2D eigenvalue weighted by Crippen LogP contribution is 2.30. The second-order valence-corrected chi connectivity index (χ2v) is 8.10. The molecule has 0 spiro atoms. The Balaban J connectivity index is 1.42. The molecule has 3 aromatic heterocycles. The normalized spacial score (nSPS) is 14.0. The molecule has 1 aromatic carbocycles. The van der Waals surface area contributed by atoms with Crippen molar-refractivity contribution in [3.05, 3.63) is 65.4 Å². The number of carbonyl (C=O) groups excluding carboxylic acids is 1. The molecule has 8 heteroatoms. The van der Waals surface area contributed by atoms with Gasteiger partial charge in [0.05, 0.1) is 5.69 Å². The molecule has 4 aromatic rings. The monoisotopic (exact) mass is 419 g/mol. The standard InChI is InChI=1S/C23H22FN5O2/c1-13-21(31-14(2)26-13)23(30)27-18-6-7-19(24)20(10-18)29-12-17-9-16(8-15-4-3-5-15)11-25-22(17)28-29/h6-7,9-12,15H,3-5,8H2,1-2H3,(H,27,30). The van der Waals surface area contributed by atoms with Crippen LogP contribution in [0.5, 0.6) is 0 Å². The number of halogens is 1. The fourth-order valence-corrected chi connectivity index (χ4v) is 3.92. The van der Waals surface area contributed by atoms with Crippen molar-refractivity contribution in [2.45, 2.75) is 39.5 Å². The van der Waals surface area contributed by atoms with Gasteiger partial charge in [0.2, 0.25) is 5.76 Å². The number of benzene rings is 1. The lowest BCUT2D eigenvalue weighted by atomic mass is 9.81. The molecule has 1 aliphatic carbocycles. The van der Waals surface area contributed by atoms with Crippen LogP contribution in [0.25, 0.3) is 16.7 Å². The first-order chi connectivity index (χ1) is 15.0. The molecular weight excluding hydrogens is 397 g/mol. The summed E-state index contributed by atoms with van der Waals surface area (Å²) in [7, 11) is 0. The number of hydrogen-bond donors (Lipinski definition) is 1. The topological polar surface area (TPSA) is 85.8 Å². The Morgan fingerprint density at radius 1 is 1.29 bits per heavy atom. The summed E-state index contributed by atoms with van der Waals surface area (Å²) < 4.78 is 21.4. The summed E-state index contributed by atoms with van der Waals surface area (Å²) in [6, 6.07) is 6.40.